The summed E-state index contributed by atoms with van der Waals surface area (Å²) in [5.41, 5.74) is -0.474. The third-order valence-corrected chi connectivity index (χ3v) is 2.42. The zero-order chi connectivity index (χ0) is 13.8. The average Bonchev–Trinajstić information content (AvgIpc) is 2.23. The smallest absolute Gasteiger partial charge is 0.389 e. The third-order valence-electron chi connectivity index (χ3n) is 2.42. The number of hydrogen-bond donors (Lipinski definition) is 2. The van der Waals surface area contributed by atoms with Gasteiger partial charge in [0.05, 0.1) is 12.0 Å². The van der Waals surface area contributed by atoms with Gasteiger partial charge < -0.3 is 10.4 Å². The van der Waals surface area contributed by atoms with E-state index in [0.29, 0.717) is 5.56 Å². The van der Waals surface area contributed by atoms with Crippen LogP contribution in [0.25, 0.3) is 0 Å². The second-order valence-electron chi connectivity index (χ2n) is 4.98. The Morgan fingerprint density at radius 3 is 2.17 bits per heavy atom. The molecule has 0 aliphatic heterocycles. The Morgan fingerprint density at radius 2 is 1.72 bits per heavy atom. The maximum absolute atomic E-state index is 12.5. The molecule has 0 aromatic heterocycles. The zero-order valence-electron chi connectivity index (χ0n) is 10.5. The number of alkyl halides is 3. The van der Waals surface area contributed by atoms with E-state index in [1.54, 1.807) is 44.2 Å². The lowest BCUT2D eigenvalue weighted by molar-refractivity contribution is -0.141. The summed E-state index contributed by atoms with van der Waals surface area (Å²) in [4.78, 5) is 0. The SMILES string of the molecule is CC(C)(O)CNC(CC(F)(F)F)c1ccccc1. The Morgan fingerprint density at radius 1 is 1.17 bits per heavy atom. The quantitative estimate of drug-likeness (QED) is 0.854. The van der Waals surface area contributed by atoms with Crippen LogP contribution in [0.2, 0.25) is 0 Å². The fourth-order valence-electron chi connectivity index (χ4n) is 1.60. The number of hydrogen-bond acceptors (Lipinski definition) is 2. The third kappa shape index (κ3) is 6.02. The highest BCUT2D eigenvalue weighted by atomic mass is 19.4. The van der Waals surface area contributed by atoms with Gasteiger partial charge in [-0.25, -0.2) is 0 Å². The summed E-state index contributed by atoms with van der Waals surface area (Å²) in [7, 11) is 0. The highest BCUT2D eigenvalue weighted by Crippen LogP contribution is 2.29. The Hall–Kier alpha value is -1.07. The highest BCUT2D eigenvalue weighted by molar-refractivity contribution is 5.19. The minimum Gasteiger partial charge on any atom is -0.389 e. The van der Waals surface area contributed by atoms with Gasteiger partial charge in [-0.3, -0.25) is 0 Å². The summed E-state index contributed by atoms with van der Waals surface area (Å²) < 4.78 is 37.5. The molecule has 0 heterocycles. The van der Waals surface area contributed by atoms with Crippen LogP contribution in [-0.4, -0.2) is 23.4 Å². The van der Waals surface area contributed by atoms with Crippen molar-refractivity contribution in [1.82, 2.24) is 5.32 Å². The van der Waals surface area contributed by atoms with Crippen molar-refractivity contribution in [2.75, 3.05) is 6.54 Å². The maximum atomic E-state index is 12.5. The van der Waals surface area contributed by atoms with Crippen LogP contribution >= 0.6 is 0 Å². The molecule has 0 aliphatic rings. The fraction of sp³-hybridized carbons (Fsp3) is 0.538. The molecule has 1 aromatic carbocycles. The maximum Gasteiger partial charge on any atom is 0.390 e. The Kier molecular flexibility index (Phi) is 4.76. The Labute approximate surface area is 105 Å². The predicted molar refractivity (Wildman–Crippen MR) is 64.2 cm³/mol. The molecule has 0 aliphatic carbocycles. The molecule has 0 fully saturated rings. The molecular weight excluding hydrogens is 243 g/mol. The normalized spacial score (nSPS) is 14.6. The number of rotatable bonds is 5. The van der Waals surface area contributed by atoms with Crippen molar-refractivity contribution in [3.05, 3.63) is 35.9 Å². The molecule has 0 spiro atoms. The minimum atomic E-state index is -4.24. The first-order valence-electron chi connectivity index (χ1n) is 5.75. The zero-order valence-corrected chi connectivity index (χ0v) is 10.5. The van der Waals surface area contributed by atoms with Gasteiger partial charge in [-0.2, -0.15) is 13.2 Å². The van der Waals surface area contributed by atoms with Gasteiger partial charge in [-0.05, 0) is 19.4 Å². The first-order valence-corrected chi connectivity index (χ1v) is 5.75. The van der Waals surface area contributed by atoms with Gasteiger partial charge in [-0.15, -0.1) is 0 Å². The monoisotopic (exact) mass is 261 g/mol. The van der Waals surface area contributed by atoms with Gasteiger partial charge in [0, 0.05) is 12.6 Å². The second kappa shape index (κ2) is 5.71. The van der Waals surface area contributed by atoms with Crippen LogP contribution in [0.3, 0.4) is 0 Å². The number of nitrogens with one attached hydrogen (secondary N) is 1. The van der Waals surface area contributed by atoms with E-state index in [0.717, 1.165) is 0 Å². The summed E-state index contributed by atoms with van der Waals surface area (Å²) in [6.45, 7) is 3.20. The van der Waals surface area contributed by atoms with E-state index in [1.807, 2.05) is 0 Å². The lowest BCUT2D eigenvalue weighted by Crippen LogP contribution is -2.38. The van der Waals surface area contributed by atoms with Gasteiger partial charge in [0.15, 0.2) is 0 Å². The molecule has 18 heavy (non-hydrogen) atoms. The summed E-state index contributed by atoms with van der Waals surface area (Å²) >= 11 is 0. The van der Waals surface area contributed by atoms with Crippen LogP contribution in [0.15, 0.2) is 30.3 Å². The van der Waals surface area contributed by atoms with Crippen LogP contribution in [0.5, 0.6) is 0 Å². The molecule has 0 amide bonds. The van der Waals surface area contributed by atoms with E-state index in [4.69, 9.17) is 0 Å². The van der Waals surface area contributed by atoms with Crippen LogP contribution in [0.1, 0.15) is 31.9 Å². The lowest BCUT2D eigenvalue weighted by Gasteiger charge is -2.25. The summed E-state index contributed by atoms with van der Waals surface area (Å²) in [6, 6.07) is 7.61. The molecule has 0 saturated heterocycles. The largest absolute Gasteiger partial charge is 0.390 e. The molecule has 2 N–H and O–H groups in total. The molecule has 5 heteroatoms. The van der Waals surface area contributed by atoms with Crippen molar-refractivity contribution in [1.29, 1.82) is 0 Å². The standard InChI is InChI=1S/C13H18F3NO/c1-12(2,18)9-17-11(8-13(14,15)16)10-6-4-3-5-7-10/h3-7,11,17-18H,8-9H2,1-2H3. The van der Waals surface area contributed by atoms with E-state index in [1.165, 1.54) is 0 Å². The van der Waals surface area contributed by atoms with E-state index < -0.39 is 24.2 Å². The number of halogens is 3. The van der Waals surface area contributed by atoms with Crippen molar-refractivity contribution in [3.8, 4) is 0 Å². The molecule has 0 bridgehead atoms. The van der Waals surface area contributed by atoms with Gasteiger partial charge >= 0.3 is 6.18 Å². The topological polar surface area (TPSA) is 32.3 Å². The van der Waals surface area contributed by atoms with Gasteiger partial charge in [0.2, 0.25) is 0 Å². The molecule has 0 radical (unpaired) electrons. The van der Waals surface area contributed by atoms with Crippen molar-refractivity contribution < 1.29 is 18.3 Å². The Balaban J connectivity index is 2.76. The van der Waals surface area contributed by atoms with Crippen molar-refractivity contribution >= 4 is 0 Å². The predicted octanol–water partition coefficient (Wildman–Crippen LogP) is 3.04. The van der Waals surface area contributed by atoms with E-state index in [2.05, 4.69) is 5.32 Å². The molecule has 0 saturated carbocycles. The van der Waals surface area contributed by atoms with Gasteiger partial charge in [0.25, 0.3) is 0 Å². The van der Waals surface area contributed by atoms with Gasteiger partial charge in [0.1, 0.15) is 0 Å². The second-order valence-corrected chi connectivity index (χ2v) is 4.98. The van der Waals surface area contributed by atoms with Crippen LogP contribution in [0, 0.1) is 0 Å². The van der Waals surface area contributed by atoms with Crippen LogP contribution < -0.4 is 5.32 Å². The van der Waals surface area contributed by atoms with Gasteiger partial charge in [-0.1, -0.05) is 30.3 Å². The molecule has 1 unspecified atom stereocenters. The van der Waals surface area contributed by atoms with Crippen molar-refractivity contribution in [2.45, 2.75) is 38.1 Å². The molecule has 1 aromatic rings. The van der Waals surface area contributed by atoms with E-state index in [-0.39, 0.29) is 6.54 Å². The van der Waals surface area contributed by atoms with Crippen molar-refractivity contribution in [2.24, 2.45) is 0 Å². The first-order chi connectivity index (χ1) is 8.17. The molecule has 2 nitrogen and oxygen atoms in total. The number of aliphatic hydroxyl groups is 1. The fourth-order valence-corrected chi connectivity index (χ4v) is 1.60. The number of benzene rings is 1. The van der Waals surface area contributed by atoms with Crippen LogP contribution in [0.4, 0.5) is 13.2 Å². The van der Waals surface area contributed by atoms with E-state index >= 15 is 0 Å². The summed E-state index contributed by atoms with van der Waals surface area (Å²) in [5.74, 6) is 0. The molecule has 1 atom stereocenters. The molecular formula is C13H18F3NO. The average molecular weight is 261 g/mol. The Bertz CT molecular complexity index is 357. The first kappa shape index (κ1) is 15.0. The van der Waals surface area contributed by atoms with Crippen molar-refractivity contribution in [3.63, 3.8) is 0 Å². The summed E-state index contributed by atoms with van der Waals surface area (Å²) in [5, 5.41) is 12.3. The highest BCUT2D eigenvalue weighted by Gasteiger charge is 2.33. The minimum absolute atomic E-state index is 0.0998. The molecule has 1 rings (SSSR count). The summed E-state index contributed by atoms with van der Waals surface area (Å²) in [6.07, 6.45) is -5.19. The van der Waals surface area contributed by atoms with Crippen LogP contribution in [-0.2, 0) is 0 Å². The molecule has 102 valence electrons. The van der Waals surface area contributed by atoms with E-state index in [9.17, 15) is 18.3 Å². The lowest BCUT2D eigenvalue weighted by atomic mass is 10.0.